The fourth-order valence-electron chi connectivity index (χ4n) is 4.19. The second-order valence-electron chi connectivity index (χ2n) is 9.66. The Balaban J connectivity index is 0.00000157. The van der Waals surface area contributed by atoms with Gasteiger partial charge in [0.1, 0.15) is 11.8 Å². The minimum Gasteiger partial charge on any atom is -0.388 e. The molecule has 0 bridgehead atoms. The van der Waals surface area contributed by atoms with Crippen LogP contribution in [0, 0.1) is 17.8 Å². The number of aliphatic hydroxyl groups is 1. The predicted molar refractivity (Wildman–Crippen MR) is 174 cm³/mol. The summed E-state index contributed by atoms with van der Waals surface area (Å²) in [6.45, 7) is 16.9. The summed E-state index contributed by atoms with van der Waals surface area (Å²) in [5, 5.41) is 18.0. The van der Waals surface area contributed by atoms with Gasteiger partial charge in [-0.3, -0.25) is 14.7 Å². The predicted octanol–water partition coefficient (Wildman–Crippen LogP) is 4.65. The first kappa shape index (κ1) is 35.8. The summed E-state index contributed by atoms with van der Waals surface area (Å²) in [7, 11) is 5.14. The molecule has 1 aromatic heterocycles. The fraction of sp³-hybridized carbons (Fsp3) is 0.594. The number of aryl methyl sites for hydroxylation is 1. The molecule has 2 atom stereocenters. The van der Waals surface area contributed by atoms with Crippen LogP contribution in [0.4, 0.5) is 5.69 Å². The summed E-state index contributed by atoms with van der Waals surface area (Å²) >= 11 is 0. The molecule has 2 aliphatic rings. The normalized spacial score (nSPS) is 16.8. The maximum absolute atomic E-state index is 9.96. The molecule has 1 saturated carbocycles. The van der Waals surface area contributed by atoms with Crippen molar-refractivity contribution in [2.24, 2.45) is 21.6 Å². The minimum absolute atomic E-state index is 0.349. The van der Waals surface area contributed by atoms with E-state index in [1.54, 1.807) is 14.2 Å². The number of anilines is 1. The molecule has 2 unspecified atom stereocenters. The Morgan fingerprint density at radius 3 is 2.56 bits per heavy atom. The second-order valence-corrected chi connectivity index (χ2v) is 9.66. The summed E-state index contributed by atoms with van der Waals surface area (Å²) in [5.74, 6) is 6.27. The molecule has 1 aliphatic heterocycles. The van der Waals surface area contributed by atoms with Crippen LogP contribution in [0.3, 0.4) is 0 Å². The van der Waals surface area contributed by atoms with Gasteiger partial charge in [0.2, 0.25) is 0 Å². The number of aliphatic imine (C=N–C) groups is 2. The third kappa shape index (κ3) is 11.7. The Kier molecular flexibility index (Phi) is 17.3. The van der Waals surface area contributed by atoms with Gasteiger partial charge in [-0.25, -0.2) is 0 Å². The quantitative estimate of drug-likeness (QED) is 0.265. The highest BCUT2D eigenvalue weighted by molar-refractivity contribution is 6.15. The van der Waals surface area contributed by atoms with Crippen molar-refractivity contribution in [1.82, 2.24) is 14.7 Å². The zero-order valence-electron chi connectivity index (χ0n) is 26.6. The lowest BCUT2D eigenvalue weighted by Crippen LogP contribution is -2.25. The van der Waals surface area contributed by atoms with E-state index in [1.165, 1.54) is 0 Å². The van der Waals surface area contributed by atoms with Crippen molar-refractivity contribution in [2.75, 3.05) is 46.2 Å². The first-order chi connectivity index (χ1) is 19.8. The van der Waals surface area contributed by atoms with Crippen molar-refractivity contribution in [3.8, 4) is 11.8 Å². The fourth-order valence-corrected chi connectivity index (χ4v) is 4.19. The number of nitrogens with two attached hydrogens (primary N) is 1. The molecule has 1 fully saturated rings. The number of rotatable bonds is 11. The lowest BCUT2D eigenvalue weighted by molar-refractivity contribution is 0.209. The van der Waals surface area contributed by atoms with E-state index >= 15 is 0 Å². The molecule has 0 amide bonds. The van der Waals surface area contributed by atoms with Gasteiger partial charge in [-0.2, -0.15) is 5.10 Å². The molecule has 4 N–H and O–H groups in total. The van der Waals surface area contributed by atoms with E-state index in [1.807, 2.05) is 51.0 Å². The standard InChI is InChI=1S/C28H41N7O.C2H6O.C2H6/c1-6-15-34-16-13-23(27(32-20(4)29)28-24(30-5)19-35(8-3)33-28)17-21(7-2)25(34)18-31-14-9-10-26(36)22-11-12-22;1-3-2;1-2/h7,13,18-20,22,26,30,36H,2,6,8,11-12,14-17,29H2,1,3-5H3;1-2H3;1-2H3/b31-18?,32-27-;;. The van der Waals surface area contributed by atoms with E-state index in [-0.39, 0.29) is 6.17 Å². The van der Waals surface area contributed by atoms with E-state index < -0.39 is 6.10 Å². The third-order valence-electron chi connectivity index (χ3n) is 6.27. The molecule has 0 spiro atoms. The van der Waals surface area contributed by atoms with Crippen LogP contribution in [-0.2, 0) is 11.3 Å². The Labute approximate surface area is 248 Å². The summed E-state index contributed by atoms with van der Waals surface area (Å²) in [5.41, 5.74) is 11.8. The molecule has 9 nitrogen and oxygen atoms in total. The Morgan fingerprint density at radius 2 is 2.02 bits per heavy atom. The van der Waals surface area contributed by atoms with Crippen LogP contribution in [-0.4, -0.2) is 84.9 Å². The van der Waals surface area contributed by atoms with Crippen LogP contribution in [0.5, 0.6) is 0 Å². The van der Waals surface area contributed by atoms with Gasteiger partial charge in [-0.05, 0) is 50.2 Å². The van der Waals surface area contributed by atoms with Crippen LogP contribution < -0.4 is 11.1 Å². The monoisotopic (exact) mass is 567 g/mol. The molecule has 1 aromatic rings. The first-order valence-corrected chi connectivity index (χ1v) is 14.8. The Hall–Kier alpha value is -3.19. The zero-order valence-corrected chi connectivity index (χ0v) is 26.6. The average molecular weight is 568 g/mol. The van der Waals surface area contributed by atoms with Crippen molar-refractivity contribution < 1.29 is 9.84 Å². The van der Waals surface area contributed by atoms with Gasteiger partial charge in [-0.1, -0.05) is 51.3 Å². The van der Waals surface area contributed by atoms with Crippen molar-refractivity contribution in [3.05, 3.63) is 47.5 Å². The van der Waals surface area contributed by atoms with Crippen molar-refractivity contribution in [3.63, 3.8) is 0 Å². The van der Waals surface area contributed by atoms with Crippen LogP contribution in [0.2, 0.25) is 0 Å². The SMILES string of the molecule is C=CC1=C(C=NCC#CC(O)C2CC2)N(CCC)CC=C(/C(=N/C(C)N)c2nn(CC)cc2NC)C1.CC.COC. The molecule has 41 heavy (non-hydrogen) atoms. The number of methoxy groups -OCH3 is 1. The number of hydrogen-bond donors (Lipinski definition) is 3. The van der Waals surface area contributed by atoms with Crippen LogP contribution in [0.1, 0.15) is 66.0 Å². The third-order valence-corrected chi connectivity index (χ3v) is 6.27. The molecular formula is C32H53N7O2. The number of aromatic nitrogens is 2. The van der Waals surface area contributed by atoms with E-state index in [0.717, 1.165) is 72.8 Å². The molecule has 3 rings (SSSR count). The maximum atomic E-state index is 9.96. The van der Waals surface area contributed by atoms with Gasteiger partial charge < -0.3 is 25.8 Å². The van der Waals surface area contributed by atoms with Gasteiger partial charge in [0.15, 0.2) is 0 Å². The first-order valence-electron chi connectivity index (χ1n) is 14.8. The van der Waals surface area contributed by atoms with E-state index in [0.29, 0.717) is 18.9 Å². The van der Waals surface area contributed by atoms with Crippen molar-refractivity contribution in [2.45, 2.75) is 79.1 Å². The number of nitrogens with one attached hydrogen (secondary N) is 1. The van der Waals surface area contributed by atoms with Crippen LogP contribution in [0.25, 0.3) is 0 Å². The average Bonchev–Trinajstić information content (AvgIpc) is 3.76. The molecule has 9 heteroatoms. The molecule has 0 saturated heterocycles. The van der Waals surface area contributed by atoms with Gasteiger partial charge in [0.05, 0.1) is 29.8 Å². The number of ether oxygens (including phenoxy) is 1. The number of aliphatic hydroxyl groups excluding tert-OH is 1. The van der Waals surface area contributed by atoms with Crippen LogP contribution in [0.15, 0.2) is 51.8 Å². The largest absolute Gasteiger partial charge is 0.388 e. The molecule has 228 valence electrons. The maximum Gasteiger partial charge on any atom is 0.134 e. The number of allylic oxidation sites excluding steroid dienone is 4. The smallest absolute Gasteiger partial charge is 0.134 e. The lowest BCUT2D eigenvalue weighted by atomic mass is 9.97. The lowest BCUT2D eigenvalue weighted by Gasteiger charge is -2.24. The van der Waals surface area contributed by atoms with Gasteiger partial charge in [0.25, 0.3) is 0 Å². The van der Waals surface area contributed by atoms with E-state index in [4.69, 9.17) is 15.8 Å². The second kappa shape index (κ2) is 19.8. The Bertz CT molecular complexity index is 1110. The van der Waals surface area contributed by atoms with Crippen molar-refractivity contribution in [1.29, 1.82) is 0 Å². The zero-order chi connectivity index (χ0) is 30.8. The van der Waals surface area contributed by atoms with E-state index in [2.05, 4.69) is 58.3 Å². The summed E-state index contributed by atoms with van der Waals surface area (Å²) in [6.07, 6.45) is 10.9. The highest BCUT2D eigenvalue weighted by Gasteiger charge is 2.28. The van der Waals surface area contributed by atoms with Gasteiger partial charge >= 0.3 is 0 Å². The van der Waals surface area contributed by atoms with E-state index in [9.17, 15) is 5.11 Å². The molecule has 0 radical (unpaired) electrons. The highest BCUT2D eigenvalue weighted by Crippen LogP contribution is 2.32. The Morgan fingerprint density at radius 1 is 1.34 bits per heavy atom. The summed E-state index contributed by atoms with van der Waals surface area (Å²) < 4.78 is 6.15. The minimum atomic E-state index is -0.522. The molecule has 0 aromatic carbocycles. The van der Waals surface area contributed by atoms with Gasteiger partial charge in [-0.15, -0.1) is 0 Å². The van der Waals surface area contributed by atoms with Crippen LogP contribution >= 0.6 is 0 Å². The highest BCUT2D eigenvalue weighted by atomic mass is 16.4. The number of hydrogen-bond acceptors (Lipinski definition) is 8. The van der Waals surface area contributed by atoms with Gasteiger partial charge in [0, 0.05) is 59.7 Å². The molecule has 2 heterocycles. The summed E-state index contributed by atoms with van der Waals surface area (Å²) in [6, 6.07) is 0. The van der Waals surface area contributed by atoms with Crippen molar-refractivity contribution >= 4 is 17.6 Å². The number of nitrogens with zero attached hydrogens (tertiary/aromatic N) is 5. The topological polar surface area (TPSA) is 113 Å². The molecular weight excluding hydrogens is 514 g/mol. The summed E-state index contributed by atoms with van der Waals surface area (Å²) in [4.78, 5) is 11.7. The molecule has 1 aliphatic carbocycles.